The number of benzene rings is 2. The molecular formula is C30H34N4O3. The highest BCUT2D eigenvalue weighted by molar-refractivity contribution is 6.04. The third-order valence-corrected chi connectivity index (χ3v) is 9.26. The van der Waals surface area contributed by atoms with E-state index in [-0.39, 0.29) is 34.1 Å². The molecular weight excluding hydrogens is 464 g/mol. The van der Waals surface area contributed by atoms with Gasteiger partial charge in [0, 0.05) is 43.4 Å². The second kappa shape index (κ2) is 9.12. The van der Waals surface area contributed by atoms with Crippen LogP contribution in [-0.2, 0) is 17.3 Å². The van der Waals surface area contributed by atoms with E-state index in [2.05, 4.69) is 34.7 Å². The van der Waals surface area contributed by atoms with Gasteiger partial charge in [-0.2, -0.15) is 5.10 Å². The van der Waals surface area contributed by atoms with E-state index in [0.29, 0.717) is 36.1 Å². The monoisotopic (exact) mass is 498 g/mol. The fraction of sp³-hybridized carbons (Fsp3) is 0.467. The maximum Gasteiger partial charge on any atom is 0.274 e. The standard InChI is InChI=1S/C30H34N4O3/c1-33-27(36)23-12-6-5-11-22(23)25(32-33)28(37)34-17-15-29(16-18-34)19-24(29)26(35)31-20-30(13-7-8-14-30)21-9-3-2-4-10-21/h2-6,9-12,24H,7-8,13-20H2,1H3,(H,31,35). The lowest BCUT2D eigenvalue weighted by Crippen LogP contribution is -2.43. The summed E-state index contributed by atoms with van der Waals surface area (Å²) in [6, 6.07) is 17.8. The van der Waals surface area contributed by atoms with E-state index in [9.17, 15) is 14.4 Å². The molecule has 37 heavy (non-hydrogen) atoms. The molecule has 3 fully saturated rings. The molecule has 2 aromatic carbocycles. The van der Waals surface area contributed by atoms with Gasteiger partial charge in [-0.1, -0.05) is 61.4 Å². The molecule has 1 N–H and O–H groups in total. The largest absolute Gasteiger partial charge is 0.355 e. The molecule has 1 spiro atoms. The molecule has 1 saturated heterocycles. The molecule has 7 heteroatoms. The molecule has 192 valence electrons. The highest BCUT2D eigenvalue weighted by atomic mass is 16.2. The van der Waals surface area contributed by atoms with Crippen LogP contribution in [-0.4, -0.2) is 46.1 Å². The Morgan fingerprint density at radius 2 is 1.59 bits per heavy atom. The van der Waals surface area contributed by atoms with Crippen LogP contribution in [0.5, 0.6) is 0 Å². The van der Waals surface area contributed by atoms with Crippen molar-refractivity contribution >= 4 is 22.6 Å². The van der Waals surface area contributed by atoms with Gasteiger partial charge in [-0.05, 0) is 49.1 Å². The fourth-order valence-corrected chi connectivity index (χ4v) is 6.82. The molecule has 6 rings (SSSR count). The number of piperidine rings is 1. The third kappa shape index (κ3) is 4.14. The van der Waals surface area contributed by atoms with Crippen molar-refractivity contribution < 1.29 is 9.59 Å². The number of carbonyl (C=O) groups is 2. The Morgan fingerprint density at radius 3 is 2.30 bits per heavy atom. The lowest BCUT2D eigenvalue weighted by molar-refractivity contribution is -0.123. The summed E-state index contributed by atoms with van der Waals surface area (Å²) in [7, 11) is 1.58. The average molecular weight is 499 g/mol. The second-order valence-electron chi connectivity index (χ2n) is 11.3. The number of likely N-dealkylation sites (tertiary alicyclic amines) is 1. The number of aryl methyl sites for hydroxylation is 1. The summed E-state index contributed by atoms with van der Waals surface area (Å²) in [6.45, 7) is 1.92. The molecule has 2 heterocycles. The van der Waals surface area contributed by atoms with Crippen LogP contribution in [0.2, 0.25) is 0 Å². The summed E-state index contributed by atoms with van der Waals surface area (Å²) in [6.07, 6.45) is 7.22. The first-order chi connectivity index (χ1) is 17.9. The molecule has 7 nitrogen and oxygen atoms in total. The molecule has 0 bridgehead atoms. The summed E-state index contributed by atoms with van der Waals surface area (Å²) < 4.78 is 1.24. The maximum atomic E-state index is 13.4. The number of amides is 2. The van der Waals surface area contributed by atoms with E-state index in [1.807, 2.05) is 17.0 Å². The molecule has 2 saturated carbocycles. The van der Waals surface area contributed by atoms with Gasteiger partial charge in [0.25, 0.3) is 11.5 Å². The van der Waals surface area contributed by atoms with E-state index in [0.717, 1.165) is 32.1 Å². The van der Waals surface area contributed by atoms with Crippen molar-refractivity contribution in [2.24, 2.45) is 18.4 Å². The van der Waals surface area contributed by atoms with Crippen LogP contribution in [0.4, 0.5) is 0 Å². The van der Waals surface area contributed by atoms with Gasteiger partial charge in [0.05, 0.1) is 5.39 Å². The molecule has 2 aliphatic carbocycles. The van der Waals surface area contributed by atoms with Gasteiger partial charge >= 0.3 is 0 Å². The molecule has 3 aromatic rings. The summed E-state index contributed by atoms with van der Waals surface area (Å²) in [4.78, 5) is 40.9. The Balaban J connectivity index is 1.10. The van der Waals surface area contributed by atoms with Gasteiger partial charge in [0.1, 0.15) is 0 Å². The lowest BCUT2D eigenvalue weighted by atomic mass is 9.78. The van der Waals surface area contributed by atoms with Crippen molar-refractivity contribution in [3.63, 3.8) is 0 Å². The van der Waals surface area contributed by atoms with Crippen molar-refractivity contribution in [3.8, 4) is 0 Å². The smallest absolute Gasteiger partial charge is 0.274 e. The first kappa shape index (κ1) is 23.9. The zero-order valence-corrected chi connectivity index (χ0v) is 21.4. The number of nitrogens with one attached hydrogen (secondary N) is 1. The van der Waals surface area contributed by atoms with E-state index >= 15 is 0 Å². The molecule has 1 aliphatic heterocycles. The van der Waals surface area contributed by atoms with E-state index in [1.165, 1.54) is 23.1 Å². The fourth-order valence-electron chi connectivity index (χ4n) is 6.82. The van der Waals surface area contributed by atoms with Gasteiger partial charge in [-0.25, -0.2) is 4.68 Å². The number of aromatic nitrogens is 2. The van der Waals surface area contributed by atoms with Gasteiger partial charge in [0.15, 0.2) is 5.69 Å². The predicted octanol–water partition coefficient (Wildman–Crippen LogP) is 3.80. The molecule has 1 aromatic heterocycles. The number of rotatable bonds is 5. The Hall–Kier alpha value is -3.48. The third-order valence-electron chi connectivity index (χ3n) is 9.26. The van der Waals surface area contributed by atoms with E-state index in [1.54, 1.807) is 25.2 Å². The quantitative estimate of drug-likeness (QED) is 0.580. The SMILES string of the molecule is Cn1nc(C(=O)N2CCC3(CC2)CC3C(=O)NCC2(c3ccccc3)CCCC2)c2ccccc2c1=O. The minimum atomic E-state index is -0.205. The Morgan fingerprint density at radius 1 is 0.946 bits per heavy atom. The predicted molar refractivity (Wildman–Crippen MR) is 142 cm³/mol. The molecule has 1 unspecified atom stereocenters. The lowest BCUT2D eigenvalue weighted by Gasteiger charge is -2.33. The zero-order chi connectivity index (χ0) is 25.6. The van der Waals surface area contributed by atoms with Crippen LogP contribution in [0.3, 0.4) is 0 Å². The van der Waals surface area contributed by atoms with Crippen LogP contribution < -0.4 is 10.9 Å². The van der Waals surface area contributed by atoms with Crippen molar-refractivity contribution in [1.29, 1.82) is 0 Å². The first-order valence-corrected chi connectivity index (χ1v) is 13.5. The van der Waals surface area contributed by atoms with Crippen molar-refractivity contribution in [3.05, 3.63) is 76.2 Å². The van der Waals surface area contributed by atoms with Gasteiger partial charge < -0.3 is 10.2 Å². The highest BCUT2D eigenvalue weighted by Gasteiger charge is 2.59. The van der Waals surface area contributed by atoms with E-state index in [4.69, 9.17) is 0 Å². The topological polar surface area (TPSA) is 84.3 Å². The molecule has 1 atom stereocenters. The summed E-state index contributed by atoms with van der Waals surface area (Å²) in [5.74, 6) is 0.0671. The number of nitrogens with zero attached hydrogens (tertiary/aromatic N) is 3. The van der Waals surface area contributed by atoms with Gasteiger partial charge in [0.2, 0.25) is 5.91 Å². The Bertz CT molecular complexity index is 1400. The van der Waals surface area contributed by atoms with Crippen LogP contribution in [0.1, 0.15) is 61.0 Å². The summed E-state index contributed by atoms with van der Waals surface area (Å²) >= 11 is 0. The maximum absolute atomic E-state index is 13.4. The van der Waals surface area contributed by atoms with Crippen molar-refractivity contribution in [2.45, 2.75) is 50.4 Å². The zero-order valence-electron chi connectivity index (χ0n) is 21.4. The van der Waals surface area contributed by atoms with Crippen LogP contribution in [0, 0.1) is 11.3 Å². The highest BCUT2D eigenvalue weighted by Crippen LogP contribution is 2.59. The number of hydrogen-bond acceptors (Lipinski definition) is 4. The number of hydrogen-bond donors (Lipinski definition) is 1. The van der Waals surface area contributed by atoms with Crippen LogP contribution in [0.25, 0.3) is 10.8 Å². The van der Waals surface area contributed by atoms with Gasteiger partial charge in [-0.3, -0.25) is 14.4 Å². The molecule has 3 aliphatic rings. The van der Waals surface area contributed by atoms with Crippen molar-refractivity contribution in [1.82, 2.24) is 20.0 Å². The van der Waals surface area contributed by atoms with E-state index < -0.39 is 0 Å². The summed E-state index contributed by atoms with van der Waals surface area (Å²) in [5, 5.41) is 8.74. The Kier molecular flexibility index (Phi) is 5.89. The van der Waals surface area contributed by atoms with Crippen LogP contribution >= 0.6 is 0 Å². The average Bonchev–Trinajstić information content (AvgIpc) is 3.41. The molecule has 2 amide bonds. The first-order valence-electron chi connectivity index (χ1n) is 13.5. The minimum Gasteiger partial charge on any atom is -0.355 e. The minimum absolute atomic E-state index is 0.00941. The van der Waals surface area contributed by atoms with Crippen molar-refractivity contribution in [2.75, 3.05) is 19.6 Å². The Labute approximate surface area is 216 Å². The van der Waals surface area contributed by atoms with Crippen LogP contribution in [0.15, 0.2) is 59.4 Å². The molecule has 0 radical (unpaired) electrons. The normalized spacial score (nSPS) is 21.8. The number of carbonyl (C=O) groups excluding carboxylic acids is 2. The summed E-state index contributed by atoms with van der Waals surface area (Å²) in [5.41, 5.74) is 1.52. The second-order valence-corrected chi connectivity index (χ2v) is 11.3. The number of fused-ring (bicyclic) bond motifs is 1. The van der Waals surface area contributed by atoms with Gasteiger partial charge in [-0.15, -0.1) is 0 Å².